The molecule has 0 fully saturated rings. The number of rotatable bonds is 2. The lowest BCUT2D eigenvalue weighted by molar-refractivity contribution is 0.901. The average molecular weight is 404 g/mol. The van der Waals surface area contributed by atoms with Gasteiger partial charge in [-0.3, -0.25) is 5.41 Å². The molecule has 1 aromatic carbocycles. The van der Waals surface area contributed by atoms with Gasteiger partial charge < -0.3 is 5.32 Å². The molecule has 0 spiro atoms. The minimum absolute atomic E-state index is 0.508. The van der Waals surface area contributed by atoms with Gasteiger partial charge in [-0.15, -0.1) is 0 Å². The van der Waals surface area contributed by atoms with Crippen LogP contribution in [-0.2, 0) is 6.54 Å². The second-order valence-electron chi connectivity index (χ2n) is 2.73. The lowest BCUT2D eigenvalue weighted by Crippen LogP contribution is -2.18. The van der Waals surface area contributed by atoms with Crippen molar-refractivity contribution in [2.24, 2.45) is 0 Å². The molecule has 1 rings (SSSR count). The van der Waals surface area contributed by atoms with Crippen LogP contribution < -0.4 is 5.32 Å². The van der Waals surface area contributed by atoms with Crippen molar-refractivity contribution >= 4 is 51.0 Å². The van der Waals surface area contributed by atoms with E-state index in [0.717, 1.165) is 6.54 Å². The van der Waals surface area contributed by atoms with E-state index in [0.29, 0.717) is 5.84 Å². The number of benzene rings is 1. The van der Waals surface area contributed by atoms with Gasteiger partial charge in [-0.25, -0.2) is 0 Å². The topological polar surface area (TPSA) is 35.9 Å². The Morgan fingerprint density at radius 1 is 1.62 bits per heavy atom. The van der Waals surface area contributed by atoms with Gasteiger partial charge in [-0.2, -0.15) is 0 Å². The quantitative estimate of drug-likeness (QED) is 0.444. The summed E-state index contributed by atoms with van der Waals surface area (Å²) in [7, 11) is 0. The van der Waals surface area contributed by atoms with Crippen LogP contribution in [-0.4, -0.2) is 5.84 Å². The van der Waals surface area contributed by atoms with Crippen molar-refractivity contribution in [2.45, 2.75) is 13.5 Å². The highest BCUT2D eigenvalue weighted by molar-refractivity contribution is 14.1. The number of amidine groups is 1. The molecule has 4 heteroatoms. The zero-order chi connectivity index (χ0) is 9.84. The molecule has 0 atom stereocenters. The highest BCUT2D eigenvalue weighted by Crippen LogP contribution is 2.16. The van der Waals surface area contributed by atoms with E-state index in [2.05, 4.69) is 68.7 Å². The molecule has 0 bridgehead atoms. The second kappa shape index (κ2) is 5.14. The minimum Gasteiger partial charge on any atom is -0.370 e. The van der Waals surface area contributed by atoms with Gasteiger partial charge in [0.25, 0.3) is 0 Å². The predicted molar refractivity (Wildman–Crippen MR) is 72.1 cm³/mol. The third-order valence-electron chi connectivity index (χ3n) is 1.54. The molecule has 2 N–H and O–H groups in total. The molecule has 2 nitrogen and oxygen atoms in total. The van der Waals surface area contributed by atoms with Gasteiger partial charge >= 0.3 is 0 Å². The maximum Gasteiger partial charge on any atom is 0.0902 e. The van der Waals surface area contributed by atoms with Crippen LogP contribution in [0.4, 0.5) is 0 Å². The normalized spacial score (nSPS) is 9.77. The van der Waals surface area contributed by atoms with Gasteiger partial charge in [0.05, 0.1) is 5.84 Å². The molecule has 0 heterocycles. The SMILES string of the molecule is CC(=N)NCc1ccc([131I])c(I)c1. The van der Waals surface area contributed by atoms with Crippen LogP contribution in [0.3, 0.4) is 0 Å². The molecule has 0 amide bonds. The zero-order valence-corrected chi connectivity index (χ0v) is 11.5. The van der Waals surface area contributed by atoms with Gasteiger partial charge in [-0.05, 0) is 69.8 Å². The lowest BCUT2D eigenvalue weighted by atomic mass is 10.2. The third kappa shape index (κ3) is 3.80. The Morgan fingerprint density at radius 2 is 2.31 bits per heavy atom. The van der Waals surface area contributed by atoms with Crippen LogP contribution in [0.1, 0.15) is 12.5 Å². The van der Waals surface area contributed by atoms with E-state index >= 15 is 0 Å². The first-order valence-corrected chi connectivity index (χ1v) is 5.98. The van der Waals surface area contributed by atoms with E-state index in [1.54, 1.807) is 6.92 Å². The van der Waals surface area contributed by atoms with Crippen LogP contribution in [0.5, 0.6) is 0 Å². The molecular weight excluding hydrogens is 394 g/mol. The third-order valence-corrected chi connectivity index (χ3v) is 4.41. The molecule has 13 heavy (non-hydrogen) atoms. The Labute approximate surface area is 105 Å². The molecule has 0 saturated heterocycles. The summed E-state index contributed by atoms with van der Waals surface area (Å²) in [5.41, 5.74) is 1.22. The second-order valence-corrected chi connectivity index (χ2v) is 5.05. The Hall–Kier alpha value is 0.150. The van der Waals surface area contributed by atoms with E-state index in [1.165, 1.54) is 12.7 Å². The summed E-state index contributed by atoms with van der Waals surface area (Å²) in [6.07, 6.45) is 0. The van der Waals surface area contributed by atoms with Gasteiger partial charge in [0.2, 0.25) is 0 Å². The predicted octanol–water partition coefficient (Wildman–Crippen LogP) is 2.98. The van der Waals surface area contributed by atoms with Crippen molar-refractivity contribution in [3.8, 4) is 0 Å². The van der Waals surface area contributed by atoms with Crippen molar-refractivity contribution in [2.75, 3.05) is 0 Å². The van der Waals surface area contributed by atoms with Crippen LogP contribution in [0.2, 0.25) is 0 Å². The fourth-order valence-corrected chi connectivity index (χ4v) is 1.80. The van der Waals surface area contributed by atoms with Crippen LogP contribution >= 0.6 is 45.2 Å². The molecule has 0 saturated carbocycles. The number of hydrogen-bond donors (Lipinski definition) is 2. The van der Waals surface area contributed by atoms with Crippen molar-refractivity contribution in [3.63, 3.8) is 0 Å². The molecule has 1 aromatic rings. The van der Waals surface area contributed by atoms with Gasteiger partial charge in [0, 0.05) is 13.7 Å². The summed E-state index contributed by atoms with van der Waals surface area (Å²) in [5, 5.41) is 10.2. The lowest BCUT2D eigenvalue weighted by Gasteiger charge is -2.05. The van der Waals surface area contributed by atoms with Gasteiger partial charge in [0.1, 0.15) is 0 Å². The van der Waals surface area contributed by atoms with E-state index in [9.17, 15) is 0 Å². The molecule has 0 unspecified atom stereocenters. The molecular formula is C9H10I2N2. The fraction of sp³-hybridized carbons (Fsp3) is 0.222. The number of hydrogen-bond acceptors (Lipinski definition) is 1. The molecule has 70 valence electrons. The Balaban J connectivity index is 2.68. The fourth-order valence-electron chi connectivity index (χ4n) is 0.884. The van der Waals surface area contributed by atoms with E-state index in [4.69, 9.17) is 5.41 Å². The van der Waals surface area contributed by atoms with Crippen LogP contribution in [0, 0.1) is 12.5 Å². The molecule has 0 radical (unpaired) electrons. The largest absolute Gasteiger partial charge is 0.370 e. The maximum absolute atomic E-state index is 7.23. The number of nitrogens with one attached hydrogen (secondary N) is 2. The van der Waals surface area contributed by atoms with Gasteiger partial charge in [0.15, 0.2) is 0 Å². The molecule has 0 aliphatic heterocycles. The van der Waals surface area contributed by atoms with Crippen LogP contribution in [0.15, 0.2) is 18.2 Å². The van der Waals surface area contributed by atoms with Crippen molar-refractivity contribution in [3.05, 3.63) is 30.9 Å². The average Bonchev–Trinajstić information content (AvgIpc) is 2.07. The van der Waals surface area contributed by atoms with E-state index in [1.807, 2.05) is 0 Å². The Bertz CT molecular complexity index is 323. The first-order valence-electron chi connectivity index (χ1n) is 3.82. The smallest absolute Gasteiger partial charge is 0.0902 e. The molecule has 0 aliphatic rings. The van der Waals surface area contributed by atoms with Crippen molar-refractivity contribution < 1.29 is 0 Å². The first-order chi connectivity index (χ1) is 6.09. The summed E-state index contributed by atoms with van der Waals surface area (Å²) in [4.78, 5) is 0. The Morgan fingerprint density at radius 3 is 2.85 bits per heavy atom. The summed E-state index contributed by atoms with van der Waals surface area (Å²) >= 11 is 4.63. The van der Waals surface area contributed by atoms with Crippen LogP contribution in [0.25, 0.3) is 0 Å². The minimum atomic E-state index is 0.508. The summed E-state index contributed by atoms with van der Waals surface area (Å²) in [5.74, 6) is 0.508. The monoisotopic (exact) mass is 404 g/mol. The Kier molecular flexibility index (Phi) is 4.43. The standard InChI is InChI=1S/C9H10I2N2/c1-6(12)13-5-7-2-3-8(10)9(11)4-7/h2-4H,5H2,1H3,(H2,12,13)/i10+4. The molecule has 0 aromatic heterocycles. The highest BCUT2D eigenvalue weighted by atomic mass is 131. The maximum atomic E-state index is 7.23. The summed E-state index contributed by atoms with van der Waals surface area (Å²) in [6.45, 7) is 2.49. The van der Waals surface area contributed by atoms with Gasteiger partial charge in [-0.1, -0.05) is 6.07 Å². The zero-order valence-electron chi connectivity index (χ0n) is 7.20. The number of halogens is 2. The van der Waals surface area contributed by atoms with Crippen molar-refractivity contribution in [1.29, 1.82) is 5.41 Å². The van der Waals surface area contributed by atoms with Crippen molar-refractivity contribution in [1.82, 2.24) is 5.32 Å². The van der Waals surface area contributed by atoms with E-state index < -0.39 is 0 Å². The highest BCUT2D eigenvalue weighted by Gasteiger charge is 1.97. The molecule has 0 aliphatic carbocycles. The first kappa shape index (κ1) is 11.2. The summed E-state index contributed by atoms with van der Waals surface area (Å²) in [6, 6.07) is 6.32. The summed E-state index contributed by atoms with van der Waals surface area (Å²) < 4.78 is 2.54. The van der Waals surface area contributed by atoms with E-state index in [-0.39, 0.29) is 0 Å².